The second-order valence-corrected chi connectivity index (χ2v) is 10.1. The van der Waals surface area contributed by atoms with Crippen molar-refractivity contribution in [3.05, 3.63) is 133 Å². The van der Waals surface area contributed by atoms with Gasteiger partial charge < -0.3 is 4.74 Å². The first-order valence-corrected chi connectivity index (χ1v) is 13.7. The summed E-state index contributed by atoms with van der Waals surface area (Å²) in [5.74, 6) is 1.55. The van der Waals surface area contributed by atoms with Gasteiger partial charge in [-0.25, -0.2) is 14.1 Å². The molecule has 0 spiro atoms. The van der Waals surface area contributed by atoms with Gasteiger partial charge in [-0.05, 0) is 66.4 Å². The molecule has 4 aromatic carbocycles. The van der Waals surface area contributed by atoms with Gasteiger partial charge in [0.2, 0.25) is 0 Å². The number of aromatic nitrogens is 4. The van der Waals surface area contributed by atoms with Crippen LogP contribution >= 0.6 is 0 Å². The summed E-state index contributed by atoms with van der Waals surface area (Å²) in [6.45, 7) is 4.32. The van der Waals surface area contributed by atoms with Crippen molar-refractivity contribution >= 4 is 21.8 Å². The third kappa shape index (κ3) is 4.43. The van der Waals surface area contributed by atoms with Crippen LogP contribution in [0, 0.1) is 12.7 Å². The number of benzene rings is 4. The first kappa shape index (κ1) is 24.8. The molecule has 0 bridgehead atoms. The Labute approximate surface area is 237 Å². The lowest BCUT2D eigenvalue weighted by atomic mass is 9.96. The van der Waals surface area contributed by atoms with Gasteiger partial charge in [0.1, 0.15) is 23.1 Å². The molecule has 0 amide bonds. The molecule has 5 nitrogen and oxygen atoms in total. The fourth-order valence-electron chi connectivity index (χ4n) is 5.63. The summed E-state index contributed by atoms with van der Waals surface area (Å²) in [7, 11) is 0. The molecule has 0 aliphatic rings. The Morgan fingerprint density at radius 2 is 1.63 bits per heavy atom. The lowest BCUT2D eigenvalue weighted by Gasteiger charge is -2.10. The van der Waals surface area contributed by atoms with Crippen molar-refractivity contribution in [2.45, 2.75) is 20.3 Å². The molecular weight excluding hydrogens is 511 g/mol. The number of para-hydroxylation sites is 1. The summed E-state index contributed by atoms with van der Waals surface area (Å²) >= 11 is 0. The number of fused-ring (bicyclic) bond motifs is 3. The van der Waals surface area contributed by atoms with Crippen LogP contribution < -0.4 is 4.74 Å². The first-order chi connectivity index (χ1) is 20.1. The zero-order valence-electron chi connectivity index (χ0n) is 22.8. The van der Waals surface area contributed by atoms with Crippen molar-refractivity contribution in [3.63, 3.8) is 0 Å². The number of ether oxygens (including phenoxy) is 1. The maximum atomic E-state index is 14.2. The smallest absolute Gasteiger partial charge is 0.140 e. The topological polar surface area (TPSA) is 44.9 Å². The number of halogens is 1. The van der Waals surface area contributed by atoms with Crippen LogP contribution in [0.15, 0.2) is 116 Å². The minimum Gasteiger partial charge on any atom is -0.457 e. The molecule has 0 fully saturated rings. The molecule has 0 saturated heterocycles. The van der Waals surface area contributed by atoms with E-state index in [0.29, 0.717) is 17.3 Å². The lowest BCUT2D eigenvalue weighted by molar-refractivity contribution is 0.483. The molecule has 0 unspecified atom stereocenters. The Kier molecular flexibility index (Phi) is 6.08. The van der Waals surface area contributed by atoms with Crippen LogP contribution in [-0.4, -0.2) is 19.3 Å². The van der Waals surface area contributed by atoms with Crippen molar-refractivity contribution in [1.82, 2.24) is 19.3 Å². The molecule has 0 N–H and O–H groups in total. The quantitative estimate of drug-likeness (QED) is 0.212. The van der Waals surface area contributed by atoms with E-state index in [2.05, 4.69) is 54.4 Å². The number of hydrogen-bond acceptors (Lipinski definition) is 3. The Morgan fingerprint density at radius 1 is 0.805 bits per heavy atom. The highest BCUT2D eigenvalue weighted by Gasteiger charge is 2.15. The SMILES string of the molecule is CCc1cccc(C)c1-c1cnn(-c2cccc(Oc3ccc4c5ccccc5n(-c5cc(F)ccn5)c4c3)c2)c1. The van der Waals surface area contributed by atoms with Crippen LogP contribution in [-0.2, 0) is 6.42 Å². The Balaban J connectivity index is 1.25. The van der Waals surface area contributed by atoms with E-state index in [1.807, 2.05) is 76.1 Å². The third-order valence-corrected chi connectivity index (χ3v) is 7.51. The molecule has 7 rings (SSSR count). The molecule has 200 valence electrons. The fourth-order valence-corrected chi connectivity index (χ4v) is 5.63. The minimum absolute atomic E-state index is 0.333. The van der Waals surface area contributed by atoms with Crippen LogP contribution in [0.2, 0.25) is 0 Å². The maximum Gasteiger partial charge on any atom is 0.140 e. The molecule has 6 heteroatoms. The van der Waals surface area contributed by atoms with Gasteiger partial charge in [0, 0.05) is 46.9 Å². The van der Waals surface area contributed by atoms with Gasteiger partial charge in [0.25, 0.3) is 0 Å². The predicted octanol–water partition coefficient (Wildman–Crippen LogP) is 8.83. The molecule has 0 radical (unpaired) electrons. The van der Waals surface area contributed by atoms with Crippen LogP contribution in [0.4, 0.5) is 4.39 Å². The summed E-state index contributed by atoms with van der Waals surface area (Å²) in [5.41, 5.74) is 7.62. The van der Waals surface area contributed by atoms with Crippen molar-refractivity contribution in [3.8, 4) is 34.1 Å². The second-order valence-electron chi connectivity index (χ2n) is 10.1. The molecule has 3 heterocycles. The van der Waals surface area contributed by atoms with E-state index >= 15 is 0 Å². The highest BCUT2D eigenvalue weighted by Crippen LogP contribution is 2.35. The van der Waals surface area contributed by atoms with Crippen LogP contribution in [0.5, 0.6) is 11.5 Å². The summed E-state index contributed by atoms with van der Waals surface area (Å²) in [6, 6.07) is 31.1. The molecule has 7 aromatic rings. The standard InChI is InChI=1S/C35H27FN4O/c1-3-24-9-6-8-23(2)35(24)25-21-38-39(22-25)27-10-7-11-28(19-27)41-29-14-15-31-30-12-4-5-13-32(30)40(33(31)20-29)34-18-26(36)16-17-37-34/h4-22H,3H2,1-2H3. The van der Waals surface area contributed by atoms with Gasteiger partial charge in [-0.2, -0.15) is 5.10 Å². The van der Waals surface area contributed by atoms with E-state index in [-0.39, 0.29) is 5.82 Å². The van der Waals surface area contributed by atoms with E-state index in [9.17, 15) is 4.39 Å². The Bertz CT molecular complexity index is 2060. The molecule has 0 aliphatic heterocycles. The van der Waals surface area contributed by atoms with E-state index in [1.54, 1.807) is 0 Å². The summed E-state index contributed by atoms with van der Waals surface area (Å²) in [6.07, 6.45) is 6.43. The summed E-state index contributed by atoms with van der Waals surface area (Å²) in [4.78, 5) is 4.45. The van der Waals surface area contributed by atoms with Gasteiger partial charge in [0.15, 0.2) is 0 Å². The number of hydrogen-bond donors (Lipinski definition) is 0. The number of nitrogens with zero attached hydrogens (tertiary/aromatic N) is 4. The van der Waals surface area contributed by atoms with Crippen molar-refractivity contribution in [2.24, 2.45) is 0 Å². The second kappa shape index (κ2) is 10.1. The molecule has 0 atom stereocenters. The molecule has 41 heavy (non-hydrogen) atoms. The largest absolute Gasteiger partial charge is 0.457 e. The molecule has 0 saturated carbocycles. The average molecular weight is 539 g/mol. The average Bonchev–Trinajstić information content (AvgIpc) is 3.60. The first-order valence-electron chi connectivity index (χ1n) is 13.7. The van der Waals surface area contributed by atoms with Crippen molar-refractivity contribution < 1.29 is 9.13 Å². The van der Waals surface area contributed by atoms with E-state index in [0.717, 1.165) is 39.5 Å². The molecule has 0 aliphatic carbocycles. The van der Waals surface area contributed by atoms with Gasteiger partial charge in [0.05, 0.1) is 22.9 Å². The van der Waals surface area contributed by atoms with E-state index < -0.39 is 0 Å². The maximum absolute atomic E-state index is 14.2. The number of pyridine rings is 1. The van der Waals surface area contributed by atoms with Gasteiger partial charge in [-0.15, -0.1) is 0 Å². The minimum atomic E-state index is -0.333. The molecule has 3 aromatic heterocycles. The Morgan fingerprint density at radius 3 is 2.51 bits per heavy atom. The van der Waals surface area contributed by atoms with E-state index in [4.69, 9.17) is 4.74 Å². The van der Waals surface area contributed by atoms with E-state index in [1.165, 1.54) is 35.0 Å². The zero-order chi connectivity index (χ0) is 27.9. The highest BCUT2D eigenvalue weighted by molar-refractivity contribution is 6.09. The van der Waals surface area contributed by atoms with Gasteiger partial charge in [-0.3, -0.25) is 4.57 Å². The van der Waals surface area contributed by atoms with Crippen LogP contribution in [0.1, 0.15) is 18.1 Å². The van der Waals surface area contributed by atoms with Crippen LogP contribution in [0.25, 0.3) is 44.4 Å². The van der Waals surface area contributed by atoms with Crippen LogP contribution in [0.3, 0.4) is 0 Å². The van der Waals surface area contributed by atoms with Gasteiger partial charge in [-0.1, -0.05) is 49.4 Å². The van der Waals surface area contributed by atoms with Crippen molar-refractivity contribution in [2.75, 3.05) is 0 Å². The molecular formula is C35H27FN4O. The normalized spacial score (nSPS) is 11.4. The predicted molar refractivity (Wildman–Crippen MR) is 162 cm³/mol. The Hall–Kier alpha value is -5.23. The number of rotatable bonds is 6. The summed E-state index contributed by atoms with van der Waals surface area (Å²) < 4.78 is 24.4. The third-order valence-electron chi connectivity index (χ3n) is 7.51. The monoisotopic (exact) mass is 538 g/mol. The van der Waals surface area contributed by atoms with Gasteiger partial charge >= 0.3 is 0 Å². The van der Waals surface area contributed by atoms with Crippen molar-refractivity contribution in [1.29, 1.82) is 0 Å². The zero-order valence-corrected chi connectivity index (χ0v) is 22.8. The lowest BCUT2D eigenvalue weighted by Crippen LogP contribution is -1.98. The number of aryl methyl sites for hydroxylation is 2. The highest BCUT2D eigenvalue weighted by atomic mass is 19.1. The summed E-state index contributed by atoms with van der Waals surface area (Å²) in [5, 5.41) is 6.77. The fraction of sp³-hybridized carbons (Fsp3) is 0.0857.